The minimum atomic E-state index is 0.0751. The van der Waals surface area contributed by atoms with E-state index in [1.54, 1.807) is 0 Å². The Labute approximate surface area is 115 Å². The Bertz CT molecular complexity index is 430. The van der Waals surface area contributed by atoms with Gasteiger partial charge in [-0.15, -0.1) is 0 Å². The fourth-order valence-corrected chi connectivity index (χ4v) is 2.76. The largest absolute Gasteiger partial charge is 0.484 e. The maximum absolute atomic E-state index is 12.1. The fourth-order valence-electron chi connectivity index (χ4n) is 2.76. The number of benzene rings is 1. The van der Waals surface area contributed by atoms with Crippen LogP contribution in [-0.2, 0) is 4.79 Å². The Morgan fingerprint density at radius 2 is 1.79 bits per heavy atom. The second-order valence-electron chi connectivity index (χ2n) is 5.56. The molecule has 0 atom stereocenters. The molecule has 1 aromatic rings. The average molecular weight is 261 g/mol. The summed E-state index contributed by atoms with van der Waals surface area (Å²) >= 11 is 0. The Kier molecular flexibility index (Phi) is 4.46. The summed E-state index contributed by atoms with van der Waals surface area (Å²) < 4.78 is 5.62. The molecule has 0 heterocycles. The average Bonchev–Trinajstić information content (AvgIpc) is 2.87. The van der Waals surface area contributed by atoms with Gasteiger partial charge < -0.3 is 9.64 Å². The van der Waals surface area contributed by atoms with Gasteiger partial charge in [-0.2, -0.15) is 0 Å². The molecule has 1 aromatic carbocycles. The van der Waals surface area contributed by atoms with E-state index in [9.17, 15) is 4.79 Å². The van der Waals surface area contributed by atoms with Crippen molar-refractivity contribution in [1.82, 2.24) is 4.90 Å². The van der Waals surface area contributed by atoms with E-state index in [4.69, 9.17) is 4.74 Å². The number of amides is 1. The van der Waals surface area contributed by atoms with Crippen LogP contribution in [0.4, 0.5) is 0 Å². The molecule has 0 bridgehead atoms. The Morgan fingerprint density at radius 1 is 1.21 bits per heavy atom. The first-order valence-corrected chi connectivity index (χ1v) is 7.03. The summed E-state index contributed by atoms with van der Waals surface area (Å²) in [5.74, 6) is 0.858. The van der Waals surface area contributed by atoms with E-state index >= 15 is 0 Å². The third-order valence-electron chi connectivity index (χ3n) is 3.82. The predicted molar refractivity (Wildman–Crippen MR) is 76.4 cm³/mol. The van der Waals surface area contributed by atoms with Gasteiger partial charge in [-0.05, 0) is 49.9 Å². The molecule has 0 aliphatic heterocycles. The molecule has 1 fully saturated rings. The molecule has 0 N–H and O–H groups in total. The van der Waals surface area contributed by atoms with Gasteiger partial charge in [0.25, 0.3) is 5.91 Å². The summed E-state index contributed by atoms with van der Waals surface area (Å²) in [6, 6.07) is 6.45. The Morgan fingerprint density at radius 3 is 2.37 bits per heavy atom. The number of ether oxygens (including phenoxy) is 1. The van der Waals surface area contributed by atoms with Crippen LogP contribution >= 0.6 is 0 Å². The van der Waals surface area contributed by atoms with Crippen LogP contribution in [0.25, 0.3) is 0 Å². The molecule has 104 valence electrons. The van der Waals surface area contributed by atoms with Crippen molar-refractivity contribution < 1.29 is 9.53 Å². The zero-order chi connectivity index (χ0) is 13.8. The highest BCUT2D eigenvalue weighted by Gasteiger charge is 2.23. The highest BCUT2D eigenvalue weighted by atomic mass is 16.5. The van der Waals surface area contributed by atoms with E-state index < -0.39 is 0 Å². The zero-order valence-corrected chi connectivity index (χ0v) is 12.1. The molecule has 0 spiro atoms. The van der Waals surface area contributed by atoms with E-state index in [-0.39, 0.29) is 12.5 Å². The first kappa shape index (κ1) is 13.9. The zero-order valence-electron chi connectivity index (χ0n) is 12.1. The van der Waals surface area contributed by atoms with Gasteiger partial charge in [-0.3, -0.25) is 4.79 Å². The number of aryl methyl sites for hydroxylation is 2. The molecule has 1 saturated carbocycles. The maximum Gasteiger partial charge on any atom is 0.260 e. The lowest BCUT2D eigenvalue weighted by Crippen LogP contribution is -2.38. The van der Waals surface area contributed by atoms with Crippen molar-refractivity contribution in [3.63, 3.8) is 0 Å². The molecule has 1 aliphatic carbocycles. The molecular formula is C16H23NO2. The topological polar surface area (TPSA) is 29.5 Å². The Balaban J connectivity index is 1.88. The highest BCUT2D eigenvalue weighted by Crippen LogP contribution is 2.22. The second-order valence-corrected chi connectivity index (χ2v) is 5.56. The SMILES string of the molecule is Cc1cc(C)cc(OCC(=O)N(C)C2CCCC2)c1. The van der Waals surface area contributed by atoms with Crippen LogP contribution in [0.2, 0.25) is 0 Å². The van der Waals surface area contributed by atoms with Crippen LogP contribution in [0.1, 0.15) is 36.8 Å². The minimum absolute atomic E-state index is 0.0751. The van der Waals surface area contributed by atoms with Crippen molar-refractivity contribution in [2.75, 3.05) is 13.7 Å². The summed E-state index contributed by atoms with van der Waals surface area (Å²) in [5, 5.41) is 0. The van der Waals surface area contributed by atoms with Crippen molar-refractivity contribution in [2.24, 2.45) is 0 Å². The van der Waals surface area contributed by atoms with Gasteiger partial charge in [0.15, 0.2) is 6.61 Å². The van der Waals surface area contributed by atoms with Crippen LogP contribution in [0, 0.1) is 13.8 Å². The third-order valence-corrected chi connectivity index (χ3v) is 3.82. The number of rotatable bonds is 4. The maximum atomic E-state index is 12.1. The summed E-state index contributed by atoms with van der Waals surface area (Å²) in [4.78, 5) is 13.9. The highest BCUT2D eigenvalue weighted by molar-refractivity contribution is 5.77. The van der Waals surface area contributed by atoms with Crippen LogP contribution in [0.15, 0.2) is 18.2 Å². The summed E-state index contributed by atoms with van der Waals surface area (Å²) in [7, 11) is 1.89. The molecule has 19 heavy (non-hydrogen) atoms. The van der Waals surface area contributed by atoms with Gasteiger partial charge in [0.05, 0.1) is 0 Å². The van der Waals surface area contributed by atoms with Gasteiger partial charge >= 0.3 is 0 Å². The first-order valence-electron chi connectivity index (χ1n) is 7.03. The molecule has 0 radical (unpaired) electrons. The molecule has 3 heteroatoms. The van der Waals surface area contributed by atoms with E-state index in [0.717, 1.165) is 29.7 Å². The third kappa shape index (κ3) is 3.72. The van der Waals surface area contributed by atoms with Crippen LogP contribution in [0.3, 0.4) is 0 Å². The predicted octanol–water partition coefficient (Wildman–Crippen LogP) is 3.08. The van der Waals surface area contributed by atoms with Crippen molar-refractivity contribution in [3.05, 3.63) is 29.3 Å². The molecule has 3 nitrogen and oxygen atoms in total. The standard InChI is InChI=1S/C16H23NO2/c1-12-8-13(2)10-15(9-12)19-11-16(18)17(3)14-6-4-5-7-14/h8-10,14H,4-7,11H2,1-3H3. The van der Waals surface area contributed by atoms with Crippen molar-refractivity contribution in [3.8, 4) is 5.75 Å². The van der Waals surface area contributed by atoms with Crippen molar-refractivity contribution >= 4 is 5.91 Å². The molecule has 2 rings (SSSR count). The number of carbonyl (C=O) groups excluding carboxylic acids is 1. The number of hydrogen-bond acceptors (Lipinski definition) is 2. The molecule has 0 aromatic heterocycles. The van der Waals surface area contributed by atoms with E-state index in [1.165, 1.54) is 12.8 Å². The van der Waals surface area contributed by atoms with Gasteiger partial charge in [0, 0.05) is 13.1 Å². The monoisotopic (exact) mass is 261 g/mol. The summed E-state index contributed by atoms with van der Waals surface area (Å²) in [6.07, 6.45) is 4.73. The first-order chi connectivity index (χ1) is 9.06. The second kappa shape index (κ2) is 6.09. The summed E-state index contributed by atoms with van der Waals surface area (Å²) in [6.45, 7) is 4.20. The molecule has 0 unspecified atom stereocenters. The van der Waals surface area contributed by atoms with Crippen LogP contribution < -0.4 is 4.74 Å². The molecular weight excluding hydrogens is 238 g/mol. The van der Waals surface area contributed by atoms with Crippen LogP contribution in [-0.4, -0.2) is 30.5 Å². The van der Waals surface area contributed by atoms with Crippen molar-refractivity contribution in [2.45, 2.75) is 45.6 Å². The van der Waals surface area contributed by atoms with Crippen molar-refractivity contribution in [1.29, 1.82) is 0 Å². The molecule has 0 saturated heterocycles. The normalized spacial score (nSPS) is 15.5. The lowest BCUT2D eigenvalue weighted by atomic mass is 10.1. The number of nitrogens with zero attached hydrogens (tertiary/aromatic N) is 1. The van der Waals surface area contributed by atoms with Gasteiger partial charge in [0.1, 0.15) is 5.75 Å². The lowest BCUT2D eigenvalue weighted by Gasteiger charge is -2.24. The lowest BCUT2D eigenvalue weighted by molar-refractivity contribution is -0.134. The number of likely N-dealkylation sites (N-methyl/N-ethyl adjacent to an activating group) is 1. The molecule has 1 aliphatic rings. The van der Waals surface area contributed by atoms with Gasteiger partial charge in [0.2, 0.25) is 0 Å². The smallest absolute Gasteiger partial charge is 0.260 e. The van der Waals surface area contributed by atoms with Gasteiger partial charge in [-0.1, -0.05) is 18.9 Å². The van der Waals surface area contributed by atoms with E-state index in [1.807, 2.05) is 37.9 Å². The number of carbonyl (C=O) groups is 1. The van der Waals surface area contributed by atoms with Gasteiger partial charge in [-0.25, -0.2) is 0 Å². The van der Waals surface area contributed by atoms with E-state index in [2.05, 4.69) is 6.07 Å². The Hall–Kier alpha value is -1.51. The minimum Gasteiger partial charge on any atom is -0.484 e. The fraction of sp³-hybridized carbons (Fsp3) is 0.562. The van der Waals surface area contributed by atoms with E-state index in [0.29, 0.717) is 6.04 Å². The number of hydrogen-bond donors (Lipinski definition) is 0. The van der Waals surface area contributed by atoms with Crippen LogP contribution in [0.5, 0.6) is 5.75 Å². The molecule has 1 amide bonds. The quantitative estimate of drug-likeness (QED) is 0.833. The summed E-state index contributed by atoms with van der Waals surface area (Å²) in [5.41, 5.74) is 2.32.